The van der Waals surface area contributed by atoms with Crippen LogP contribution in [0.5, 0.6) is 0 Å². The number of rotatable bonds is 9. The lowest BCUT2D eigenvalue weighted by atomic mass is 9.57. The monoisotopic (exact) mass is 730 g/mol. The average Bonchev–Trinajstić information content (AvgIpc) is 3.81. The Morgan fingerprint density at radius 1 is 0.907 bits per heavy atom. The fraction of sp³-hybridized carbons (Fsp3) is 0.512. The van der Waals surface area contributed by atoms with Crippen LogP contribution in [0.15, 0.2) is 54.9 Å². The van der Waals surface area contributed by atoms with E-state index in [2.05, 4.69) is 65.2 Å². The van der Waals surface area contributed by atoms with Crippen LogP contribution in [0.3, 0.4) is 0 Å². The van der Waals surface area contributed by atoms with Gasteiger partial charge in [0.25, 0.3) is 5.91 Å². The molecule has 13 nitrogen and oxygen atoms in total. The van der Waals surface area contributed by atoms with Gasteiger partial charge in [0.15, 0.2) is 0 Å². The number of nitrogens with one attached hydrogen (secondary N) is 2. The number of piperidine rings is 1. The van der Waals surface area contributed by atoms with Crippen molar-refractivity contribution in [1.82, 2.24) is 34.6 Å². The summed E-state index contributed by atoms with van der Waals surface area (Å²) in [6.45, 7) is 7.49. The molecule has 3 saturated heterocycles. The molecule has 1 spiro atoms. The van der Waals surface area contributed by atoms with Gasteiger partial charge in [-0.2, -0.15) is 4.98 Å². The maximum Gasteiger partial charge on any atom is 0.270 e. The predicted octanol–water partition coefficient (Wildman–Crippen LogP) is 4.95. The summed E-state index contributed by atoms with van der Waals surface area (Å²) < 4.78 is 2.13. The summed E-state index contributed by atoms with van der Waals surface area (Å²) in [6, 6.07) is 14.7. The van der Waals surface area contributed by atoms with E-state index in [-0.39, 0.29) is 29.7 Å². The third-order valence-corrected chi connectivity index (χ3v) is 12.5. The molecule has 5 aliphatic rings. The van der Waals surface area contributed by atoms with E-state index in [1.165, 1.54) is 25.1 Å². The molecule has 6 heterocycles. The standard InChI is InChI=1S/C41H50N10O3/c1-47(2)39(54)34-19-29-22-43-40(46-37(29)51(34)31-5-3-4-6-31)44-35-13-11-32(23-42-35)49-17-15-48(16-18-49)24-27-20-41(21-27)25-50(26-41)30-9-7-28(8-10-30)33-12-14-36(52)45-38(33)53/h7-11,13,19,22-23,27,31,33H,3-6,12,14-18,20-21,24-26H2,1-2H3,(H,45,52,53)(H,42,43,44,46). The van der Waals surface area contributed by atoms with E-state index < -0.39 is 0 Å². The minimum absolute atomic E-state index is 0.0140. The molecule has 282 valence electrons. The van der Waals surface area contributed by atoms with Gasteiger partial charge in [-0.15, -0.1) is 0 Å². The van der Waals surface area contributed by atoms with Crippen LogP contribution in [0.2, 0.25) is 0 Å². The zero-order valence-electron chi connectivity index (χ0n) is 31.3. The lowest BCUT2D eigenvalue weighted by molar-refractivity contribution is -0.134. The maximum absolute atomic E-state index is 13.1. The van der Waals surface area contributed by atoms with E-state index in [0.717, 1.165) is 93.2 Å². The van der Waals surface area contributed by atoms with Gasteiger partial charge >= 0.3 is 0 Å². The fourth-order valence-electron chi connectivity index (χ4n) is 9.74. The van der Waals surface area contributed by atoms with Crippen molar-refractivity contribution in [1.29, 1.82) is 0 Å². The molecule has 2 saturated carbocycles. The van der Waals surface area contributed by atoms with Gasteiger partial charge in [-0.3, -0.25) is 24.6 Å². The van der Waals surface area contributed by atoms with Gasteiger partial charge in [-0.05, 0) is 73.9 Å². The number of fused-ring (bicyclic) bond motifs is 1. The third kappa shape index (κ3) is 6.67. The summed E-state index contributed by atoms with van der Waals surface area (Å²) in [6.07, 6.45) is 11.8. The highest BCUT2D eigenvalue weighted by molar-refractivity contribution is 6.01. The number of aromatic nitrogens is 4. The van der Waals surface area contributed by atoms with Crippen molar-refractivity contribution < 1.29 is 14.4 Å². The molecule has 3 aromatic heterocycles. The van der Waals surface area contributed by atoms with Crippen molar-refractivity contribution in [3.8, 4) is 0 Å². The van der Waals surface area contributed by atoms with E-state index in [1.54, 1.807) is 25.2 Å². The number of pyridine rings is 1. The molecule has 0 bridgehead atoms. The molecular formula is C41H50N10O3. The first-order valence-electron chi connectivity index (χ1n) is 19.7. The van der Waals surface area contributed by atoms with Crippen LogP contribution in [0.4, 0.5) is 23.1 Å². The Balaban J connectivity index is 0.739. The number of carbonyl (C=O) groups excluding carboxylic acids is 3. The van der Waals surface area contributed by atoms with Gasteiger partial charge in [0.05, 0.1) is 17.8 Å². The molecule has 1 atom stereocenters. The largest absolute Gasteiger partial charge is 0.370 e. The molecule has 5 fully saturated rings. The number of carbonyl (C=O) groups is 3. The van der Waals surface area contributed by atoms with Crippen molar-refractivity contribution in [2.75, 3.05) is 75.0 Å². The van der Waals surface area contributed by atoms with Gasteiger partial charge in [0.2, 0.25) is 17.8 Å². The van der Waals surface area contributed by atoms with Gasteiger partial charge < -0.3 is 24.6 Å². The first kappa shape index (κ1) is 34.7. The number of imide groups is 1. The summed E-state index contributed by atoms with van der Waals surface area (Å²) in [4.78, 5) is 60.1. The quantitative estimate of drug-likeness (QED) is 0.228. The SMILES string of the molecule is CN(C)C(=O)c1cc2cnc(Nc3ccc(N4CCN(CC5CC6(C5)CN(c5ccc(C7CCC(=O)NC7=O)cc5)C6)CC4)cn3)nc2n1C1CCCC1. The highest BCUT2D eigenvalue weighted by Crippen LogP contribution is 2.53. The number of amides is 3. The van der Waals surface area contributed by atoms with Crippen LogP contribution in [-0.4, -0.2) is 107 Å². The van der Waals surface area contributed by atoms with Crippen molar-refractivity contribution >= 4 is 51.9 Å². The molecule has 2 N–H and O–H groups in total. The molecule has 3 amide bonds. The fourth-order valence-corrected chi connectivity index (χ4v) is 9.74. The van der Waals surface area contributed by atoms with Crippen LogP contribution < -0.4 is 20.4 Å². The van der Waals surface area contributed by atoms with Gasteiger partial charge in [-0.1, -0.05) is 25.0 Å². The zero-order chi connectivity index (χ0) is 37.0. The second kappa shape index (κ2) is 14.0. The average molecular weight is 731 g/mol. The van der Waals surface area contributed by atoms with E-state index in [0.29, 0.717) is 35.7 Å². The normalized spacial score (nSPS) is 22.0. The Bertz CT molecular complexity index is 2030. The number of nitrogens with zero attached hydrogens (tertiary/aromatic N) is 8. The molecule has 9 rings (SSSR count). The van der Waals surface area contributed by atoms with E-state index in [9.17, 15) is 14.4 Å². The van der Waals surface area contributed by atoms with Crippen LogP contribution in [0.25, 0.3) is 11.0 Å². The third-order valence-electron chi connectivity index (χ3n) is 12.5. The molecular weight excluding hydrogens is 681 g/mol. The predicted molar refractivity (Wildman–Crippen MR) is 208 cm³/mol. The van der Waals surface area contributed by atoms with Gasteiger partial charge in [0.1, 0.15) is 17.2 Å². The van der Waals surface area contributed by atoms with E-state index in [4.69, 9.17) is 9.97 Å². The van der Waals surface area contributed by atoms with Crippen LogP contribution >= 0.6 is 0 Å². The number of anilines is 4. The van der Waals surface area contributed by atoms with Gasteiger partial charge in [-0.25, -0.2) is 9.97 Å². The summed E-state index contributed by atoms with van der Waals surface area (Å²) in [5.74, 6) is 1.35. The molecule has 0 radical (unpaired) electrons. The number of piperazine rings is 1. The molecule has 54 heavy (non-hydrogen) atoms. The molecule has 1 aromatic carbocycles. The molecule has 4 aromatic rings. The Morgan fingerprint density at radius 3 is 2.33 bits per heavy atom. The number of benzene rings is 1. The Morgan fingerprint density at radius 2 is 1.65 bits per heavy atom. The minimum atomic E-state index is -0.228. The summed E-state index contributed by atoms with van der Waals surface area (Å²) in [5, 5.41) is 6.64. The topological polar surface area (TPSA) is 132 Å². The number of hydrogen-bond acceptors (Lipinski definition) is 10. The summed E-state index contributed by atoms with van der Waals surface area (Å²) >= 11 is 0. The lowest BCUT2D eigenvalue weighted by Crippen LogP contribution is -2.64. The smallest absolute Gasteiger partial charge is 0.270 e. The second-order valence-corrected chi connectivity index (χ2v) is 16.5. The number of hydrogen-bond donors (Lipinski definition) is 2. The highest BCUT2D eigenvalue weighted by Gasteiger charge is 2.52. The van der Waals surface area contributed by atoms with Crippen molar-refractivity contribution in [3.05, 3.63) is 66.1 Å². The van der Waals surface area contributed by atoms with Crippen LogP contribution in [-0.2, 0) is 9.59 Å². The van der Waals surface area contributed by atoms with E-state index in [1.807, 2.05) is 18.3 Å². The Labute approximate surface area is 316 Å². The molecule has 3 aliphatic heterocycles. The summed E-state index contributed by atoms with van der Waals surface area (Å²) in [7, 11) is 3.58. The minimum Gasteiger partial charge on any atom is -0.370 e. The van der Waals surface area contributed by atoms with E-state index >= 15 is 0 Å². The van der Waals surface area contributed by atoms with Gasteiger partial charge in [0, 0.05) is 95.1 Å². The molecule has 1 unspecified atom stereocenters. The van der Waals surface area contributed by atoms with Crippen molar-refractivity contribution in [2.45, 2.75) is 63.3 Å². The zero-order valence-corrected chi connectivity index (χ0v) is 31.3. The Hall–Kier alpha value is -5.04. The summed E-state index contributed by atoms with van der Waals surface area (Å²) in [5.41, 5.74) is 5.27. The second-order valence-electron chi connectivity index (χ2n) is 16.5. The highest BCUT2D eigenvalue weighted by atomic mass is 16.2. The maximum atomic E-state index is 13.1. The molecule has 2 aliphatic carbocycles. The Kier molecular flexibility index (Phi) is 8.99. The first-order chi connectivity index (χ1) is 26.2. The van der Waals surface area contributed by atoms with Crippen LogP contribution in [0, 0.1) is 11.3 Å². The lowest BCUT2D eigenvalue weighted by Gasteiger charge is -2.60. The first-order valence-corrected chi connectivity index (χ1v) is 19.7. The van der Waals surface area contributed by atoms with Crippen molar-refractivity contribution in [2.24, 2.45) is 11.3 Å². The van der Waals surface area contributed by atoms with Crippen molar-refractivity contribution in [3.63, 3.8) is 0 Å². The van der Waals surface area contributed by atoms with Crippen LogP contribution in [0.1, 0.15) is 79.4 Å². The molecule has 13 heteroatoms.